The maximum Gasteiger partial charge on any atom is 0.326 e. The van der Waals surface area contributed by atoms with Crippen LogP contribution in [0.3, 0.4) is 0 Å². The summed E-state index contributed by atoms with van der Waals surface area (Å²) in [6.07, 6.45) is 8.75. The molecule has 23 N–H and O–H groups in total. The molecule has 7 atom stereocenters. The van der Waals surface area contributed by atoms with Crippen molar-refractivity contribution in [3.63, 3.8) is 0 Å². The summed E-state index contributed by atoms with van der Waals surface area (Å²) >= 11 is 0. The summed E-state index contributed by atoms with van der Waals surface area (Å²) in [5.74, 6) is -5.08. The molecule has 0 aromatic carbocycles. The van der Waals surface area contributed by atoms with Crippen LogP contribution in [0.25, 0.3) is 0 Å². The monoisotopic (exact) mass is 915 g/mol. The molecule has 0 fully saturated rings. The molecule has 64 heavy (non-hydrogen) atoms. The Kier molecular flexibility index (Phi) is 35.8. The van der Waals surface area contributed by atoms with E-state index in [1.165, 1.54) is 0 Å². The van der Waals surface area contributed by atoms with Gasteiger partial charge in [0, 0.05) is 0 Å². The van der Waals surface area contributed by atoms with Crippen LogP contribution >= 0.6 is 0 Å². The number of hydrogen-bond donors (Lipinski definition) is 15. The second-order valence-corrected chi connectivity index (χ2v) is 16.3. The van der Waals surface area contributed by atoms with Gasteiger partial charge in [-0.1, -0.05) is 6.42 Å². The maximum atomic E-state index is 14.1. The first-order valence-electron chi connectivity index (χ1n) is 23.5. The third kappa shape index (κ3) is 27.3. The number of rotatable bonds is 41. The summed E-state index contributed by atoms with van der Waals surface area (Å²) in [7, 11) is 0. The minimum absolute atomic E-state index is 0.137. The number of hydrogen-bond acceptors (Lipinski definition) is 15. The second kappa shape index (κ2) is 38.3. The molecule has 0 aliphatic heterocycles. The van der Waals surface area contributed by atoms with Crippen LogP contribution < -0.4 is 77.8 Å². The lowest BCUT2D eigenvalue weighted by molar-refractivity contribution is -0.142. The summed E-state index contributed by atoms with van der Waals surface area (Å²) in [4.78, 5) is 94.5. The SMILES string of the molecule is NCCCC[C@H](NC(=O)[C@H](CCCCN)NC(=O)[C@H](CCCCN)NC(=O)[C@H](CCCCN)NC(=O)[C@H](CCCCN)NC(=O)[C@H](CCCCN)NC(=O)[C@@H](N)CCCCN)C(=O)O. The molecule has 6 amide bonds. The van der Waals surface area contributed by atoms with Crippen LogP contribution in [-0.4, -0.2) is 135 Å². The minimum Gasteiger partial charge on any atom is -0.480 e. The number of aliphatic carboxylic acids is 1. The molecule has 0 radical (unpaired) electrons. The lowest BCUT2D eigenvalue weighted by Gasteiger charge is -2.28. The van der Waals surface area contributed by atoms with Crippen LogP contribution in [-0.2, 0) is 33.6 Å². The molecule has 0 unspecified atom stereocenters. The molecule has 0 bridgehead atoms. The molecule has 0 saturated heterocycles. The van der Waals surface area contributed by atoms with E-state index >= 15 is 0 Å². The highest BCUT2D eigenvalue weighted by molar-refractivity contribution is 5.97. The Morgan fingerprint density at radius 3 is 0.703 bits per heavy atom. The van der Waals surface area contributed by atoms with Crippen molar-refractivity contribution in [2.45, 2.75) is 177 Å². The van der Waals surface area contributed by atoms with Crippen molar-refractivity contribution in [2.24, 2.45) is 45.9 Å². The molecule has 0 saturated carbocycles. The molecule has 0 aromatic heterocycles. The second-order valence-electron chi connectivity index (χ2n) is 16.3. The predicted octanol–water partition coefficient (Wildman–Crippen LogP) is -2.79. The van der Waals surface area contributed by atoms with Crippen molar-refractivity contribution < 1.29 is 38.7 Å². The van der Waals surface area contributed by atoms with Crippen LogP contribution in [0.15, 0.2) is 0 Å². The number of carboxylic acid groups (broad SMARTS) is 1. The topological polar surface area (TPSA) is 420 Å². The number of unbranched alkanes of at least 4 members (excludes halogenated alkanes) is 7. The van der Waals surface area contributed by atoms with Crippen molar-refractivity contribution in [3.05, 3.63) is 0 Å². The first-order valence-corrected chi connectivity index (χ1v) is 23.5. The van der Waals surface area contributed by atoms with E-state index in [1.807, 2.05) is 0 Å². The Hall–Kier alpha value is -4.03. The summed E-state index contributed by atoms with van der Waals surface area (Å²) in [5.41, 5.74) is 45.9. The average molecular weight is 915 g/mol. The van der Waals surface area contributed by atoms with Crippen molar-refractivity contribution >= 4 is 41.4 Å². The van der Waals surface area contributed by atoms with Gasteiger partial charge in [0.15, 0.2) is 0 Å². The molecule has 0 rings (SSSR count). The maximum absolute atomic E-state index is 14.1. The van der Waals surface area contributed by atoms with Gasteiger partial charge in [-0.05, 0) is 174 Å². The van der Waals surface area contributed by atoms with Crippen molar-refractivity contribution in [1.29, 1.82) is 0 Å². The minimum atomic E-state index is -1.23. The highest BCUT2D eigenvalue weighted by Gasteiger charge is 2.33. The lowest BCUT2D eigenvalue weighted by Crippen LogP contribution is -2.59. The molecule has 0 aliphatic carbocycles. The van der Waals surface area contributed by atoms with Crippen molar-refractivity contribution in [1.82, 2.24) is 31.9 Å². The normalized spacial score (nSPS) is 14.5. The van der Waals surface area contributed by atoms with Crippen LogP contribution in [0.5, 0.6) is 0 Å². The number of carboxylic acids is 1. The third-order valence-corrected chi connectivity index (χ3v) is 10.8. The van der Waals surface area contributed by atoms with E-state index in [2.05, 4.69) is 31.9 Å². The highest BCUT2D eigenvalue weighted by atomic mass is 16.4. The fourth-order valence-corrected chi connectivity index (χ4v) is 6.84. The Bertz CT molecular complexity index is 1330. The molecule has 0 aromatic rings. The molecule has 22 nitrogen and oxygen atoms in total. The van der Waals surface area contributed by atoms with Gasteiger partial charge < -0.3 is 82.9 Å². The number of carbonyl (C=O) groups is 7. The van der Waals surface area contributed by atoms with Crippen molar-refractivity contribution in [2.75, 3.05) is 45.8 Å². The molecular formula is C42H86N14O8. The number of nitrogens with two attached hydrogens (primary N) is 8. The first kappa shape index (κ1) is 60.0. The quantitative estimate of drug-likeness (QED) is 0.0276. The summed E-state index contributed by atoms with van der Waals surface area (Å²) in [5, 5.41) is 26.1. The Balaban J connectivity index is 6.50. The van der Waals surface area contributed by atoms with Crippen molar-refractivity contribution in [3.8, 4) is 0 Å². The van der Waals surface area contributed by atoms with Gasteiger partial charge in [0.1, 0.15) is 36.3 Å². The molecule has 372 valence electrons. The van der Waals surface area contributed by atoms with Crippen LogP contribution in [0.4, 0.5) is 0 Å². The third-order valence-electron chi connectivity index (χ3n) is 10.8. The van der Waals surface area contributed by atoms with E-state index in [-0.39, 0.29) is 38.5 Å². The van der Waals surface area contributed by atoms with Gasteiger partial charge >= 0.3 is 5.97 Å². The van der Waals surface area contributed by atoms with Gasteiger partial charge in [-0.25, -0.2) is 4.79 Å². The van der Waals surface area contributed by atoms with Gasteiger partial charge in [-0.3, -0.25) is 28.8 Å². The van der Waals surface area contributed by atoms with Crippen LogP contribution in [0.2, 0.25) is 0 Å². The summed E-state index contributed by atoms with van der Waals surface area (Å²) in [6, 6.07) is -7.70. The summed E-state index contributed by atoms with van der Waals surface area (Å²) in [6.45, 7) is 2.51. The first-order chi connectivity index (χ1) is 30.7. The Morgan fingerprint density at radius 2 is 0.484 bits per heavy atom. The smallest absolute Gasteiger partial charge is 0.326 e. The Labute approximate surface area is 380 Å². The van der Waals surface area contributed by atoms with E-state index in [4.69, 9.17) is 45.9 Å². The number of carbonyl (C=O) groups excluding carboxylic acids is 6. The van der Waals surface area contributed by atoms with E-state index in [1.54, 1.807) is 0 Å². The van der Waals surface area contributed by atoms with E-state index in [0.717, 1.165) is 0 Å². The number of nitrogens with one attached hydrogen (secondary N) is 6. The average Bonchev–Trinajstić information content (AvgIpc) is 3.26. The zero-order valence-electron chi connectivity index (χ0n) is 38.3. The van der Waals surface area contributed by atoms with E-state index in [9.17, 15) is 38.7 Å². The van der Waals surface area contributed by atoms with Gasteiger partial charge in [-0.2, -0.15) is 0 Å². The predicted molar refractivity (Wildman–Crippen MR) is 248 cm³/mol. The standard InChI is InChI=1S/C42H86N14O8/c43-22-8-1-15-29(50)36(57)51-30(16-2-9-23-44)37(58)52-31(17-3-10-24-45)38(59)53-32(18-4-11-25-46)39(60)54-33(19-5-12-26-47)40(61)55-34(20-6-13-27-48)41(62)56-35(42(63)64)21-7-14-28-49/h29-35H,1-28,43-50H2,(H,51,57)(H,52,58)(H,53,59)(H,54,60)(H,55,61)(H,56,62)(H,63,64)/t29-,30-,31-,32-,33-,34-,35-/m0/s1. The molecular weight excluding hydrogens is 829 g/mol. The van der Waals surface area contributed by atoms with Gasteiger partial charge in [-0.15, -0.1) is 0 Å². The largest absolute Gasteiger partial charge is 0.480 e. The lowest BCUT2D eigenvalue weighted by atomic mass is 10.0. The van der Waals surface area contributed by atoms with Gasteiger partial charge in [0.2, 0.25) is 35.4 Å². The van der Waals surface area contributed by atoms with E-state index in [0.29, 0.717) is 142 Å². The van der Waals surface area contributed by atoms with Gasteiger partial charge in [0.05, 0.1) is 6.04 Å². The zero-order valence-corrected chi connectivity index (χ0v) is 38.3. The van der Waals surface area contributed by atoms with Gasteiger partial charge in [0.25, 0.3) is 0 Å². The number of amides is 6. The summed E-state index contributed by atoms with van der Waals surface area (Å²) < 4.78 is 0. The molecule has 0 spiro atoms. The fraction of sp³-hybridized carbons (Fsp3) is 0.833. The Morgan fingerprint density at radius 1 is 0.297 bits per heavy atom. The molecule has 0 aliphatic rings. The molecule has 0 heterocycles. The highest BCUT2D eigenvalue weighted by Crippen LogP contribution is 2.11. The molecule has 22 heteroatoms. The fourth-order valence-electron chi connectivity index (χ4n) is 6.84. The zero-order chi connectivity index (χ0) is 48.1. The van der Waals surface area contributed by atoms with Crippen LogP contribution in [0.1, 0.15) is 135 Å². The van der Waals surface area contributed by atoms with Crippen LogP contribution in [0, 0.1) is 0 Å². The van der Waals surface area contributed by atoms with E-state index < -0.39 is 83.7 Å².